The van der Waals surface area contributed by atoms with Gasteiger partial charge < -0.3 is 15.7 Å². The fraction of sp³-hybridized carbons (Fsp3) is 0.857. The van der Waals surface area contributed by atoms with E-state index in [-0.39, 0.29) is 12.4 Å². The van der Waals surface area contributed by atoms with Gasteiger partial charge in [-0.05, 0) is 19.4 Å². The van der Waals surface area contributed by atoms with Crippen LogP contribution in [-0.2, 0) is 0 Å². The zero-order valence-corrected chi connectivity index (χ0v) is 7.69. The molecule has 0 radical (unpaired) electrons. The van der Waals surface area contributed by atoms with E-state index in [2.05, 4.69) is 10.6 Å². The highest BCUT2D eigenvalue weighted by Crippen LogP contribution is 2.05. The zero-order chi connectivity index (χ0) is 8.10. The number of piperidine rings is 1. The Morgan fingerprint density at radius 3 is 2.83 bits per heavy atom. The van der Waals surface area contributed by atoms with E-state index in [0.29, 0.717) is 12.6 Å². The first-order chi connectivity index (χ1) is 5.29. The molecule has 1 aliphatic rings. The molecule has 1 atom stereocenters. The van der Waals surface area contributed by atoms with Crippen LogP contribution in [0.5, 0.6) is 0 Å². The summed E-state index contributed by atoms with van der Waals surface area (Å²) in [7, 11) is 0. The maximum atomic E-state index is 10.1. The lowest BCUT2D eigenvalue weighted by atomic mass is 10.1. The van der Waals surface area contributed by atoms with Crippen LogP contribution in [0.4, 0.5) is 4.79 Å². The zero-order valence-electron chi connectivity index (χ0n) is 6.88. The van der Waals surface area contributed by atoms with E-state index < -0.39 is 6.09 Å². The number of hydrogen-bond donors (Lipinski definition) is 3. The number of amides is 1. The summed E-state index contributed by atoms with van der Waals surface area (Å²) in [5.41, 5.74) is 0. The van der Waals surface area contributed by atoms with Crippen LogP contribution in [0, 0.1) is 0 Å². The molecule has 12 heavy (non-hydrogen) atoms. The molecule has 5 heteroatoms. The van der Waals surface area contributed by atoms with E-state index >= 15 is 0 Å². The number of halogens is 1. The second kappa shape index (κ2) is 6.08. The topological polar surface area (TPSA) is 61.4 Å². The van der Waals surface area contributed by atoms with Crippen LogP contribution in [0.2, 0.25) is 0 Å². The first kappa shape index (κ1) is 11.5. The van der Waals surface area contributed by atoms with Gasteiger partial charge in [0.2, 0.25) is 0 Å². The van der Waals surface area contributed by atoms with Crippen LogP contribution in [0.25, 0.3) is 0 Å². The van der Waals surface area contributed by atoms with Crippen LogP contribution in [0.3, 0.4) is 0 Å². The van der Waals surface area contributed by atoms with E-state index in [1.165, 1.54) is 12.8 Å². The summed E-state index contributed by atoms with van der Waals surface area (Å²) in [6.45, 7) is 1.56. The van der Waals surface area contributed by atoms with Gasteiger partial charge in [-0.25, -0.2) is 4.79 Å². The quantitative estimate of drug-likeness (QED) is 0.610. The van der Waals surface area contributed by atoms with E-state index in [4.69, 9.17) is 5.11 Å². The third-order valence-corrected chi connectivity index (χ3v) is 1.91. The molecular formula is C7H15ClN2O2. The van der Waals surface area contributed by atoms with Gasteiger partial charge in [0.1, 0.15) is 0 Å². The van der Waals surface area contributed by atoms with Gasteiger partial charge in [0.25, 0.3) is 0 Å². The molecule has 0 bridgehead atoms. The van der Waals surface area contributed by atoms with Gasteiger partial charge in [-0.15, -0.1) is 12.4 Å². The molecule has 0 saturated carbocycles. The van der Waals surface area contributed by atoms with Crippen molar-refractivity contribution < 1.29 is 9.90 Å². The molecular weight excluding hydrogens is 180 g/mol. The van der Waals surface area contributed by atoms with Crippen LogP contribution in [0.15, 0.2) is 0 Å². The average Bonchev–Trinajstić information content (AvgIpc) is 2.03. The van der Waals surface area contributed by atoms with Gasteiger partial charge in [-0.3, -0.25) is 0 Å². The van der Waals surface area contributed by atoms with Gasteiger partial charge in [-0.2, -0.15) is 0 Å². The number of nitrogens with one attached hydrogen (secondary N) is 2. The molecule has 1 rings (SSSR count). The molecule has 0 aromatic carbocycles. The van der Waals surface area contributed by atoms with Gasteiger partial charge in [0.05, 0.1) is 0 Å². The number of hydrogen-bond acceptors (Lipinski definition) is 2. The third-order valence-electron chi connectivity index (χ3n) is 1.91. The summed E-state index contributed by atoms with van der Waals surface area (Å²) in [4.78, 5) is 10.1. The maximum absolute atomic E-state index is 10.1. The molecule has 0 aromatic rings. The number of carbonyl (C=O) groups is 1. The van der Waals surface area contributed by atoms with Gasteiger partial charge in [0.15, 0.2) is 0 Å². The molecule has 1 fully saturated rings. The predicted molar refractivity (Wildman–Crippen MR) is 48.9 cm³/mol. The average molecular weight is 195 g/mol. The minimum atomic E-state index is -0.933. The summed E-state index contributed by atoms with van der Waals surface area (Å²) in [5.74, 6) is 0. The summed E-state index contributed by atoms with van der Waals surface area (Å²) in [6, 6.07) is 0.347. The van der Waals surface area contributed by atoms with Crippen molar-refractivity contribution in [1.82, 2.24) is 10.6 Å². The first-order valence-corrected chi connectivity index (χ1v) is 3.99. The lowest BCUT2D eigenvalue weighted by Gasteiger charge is -2.22. The van der Waals surface area contributed by atoms with Crippen molar-refractivity contribution in [3.8, 4) is 0 Å². The molecule has 1 heterocycles. The fourth-order valence-corrected chi connectivity index (χ4v) is 1.31. The highest BCUT2D eigenvalue weighted by molar-refractivity contribution is 5.85. The van der Waals surface area contributed by atoms with Gasteiger partial charge >= 0.3 is 6.09 Å². The molecule has 0 aromatic heterocycles. The Labute approximate surface area is 78.1 Å². The Morgan fingerprint density at radius 1 is 1.58 bits per heavy atom. The van der Waals surface area contributed by atoms with Crippen LogP contribution >= 0.6 is 12.4 Å². The Morgan fingerprint density at radius 2 is 2.33 bits per heavy atom. The number of carboxylic acid groups (broad SMARTS) is 1. The minimum Gasteiger partial charge on any atom is -0.465 e. The van der Waals surface area contributed by atoms with E-state index in [1.807, 2.05) is 0 Å². The SMILES string of the molecule is Cl.O=C(O)NCC1CCCCN1. The van der Waals surface area contributed by atoms with Crippen LogP contribution in [-0.4, -0.2) is 30.3 Å². The van der Waals surface area contributed by atoms with E-state index in [9.17, 15) is 4.79 Å². The number of rotatable bonds is 2. The Bertz CT molecular complexity index is 137. The normalized spacial score (nSPS) is 22.5. The molecule has 72 valence electrons. The highest BCUT2D eigenvalue weighted by atomic mass is 35.5. The smallest absolute Gasteiger partial charge is 0.404 e. The third kappa shape index (κ3) is 4.41. The van der Waals surface area contributed by atoms with Crippen molar-refractivity contribution in [2.75, 3.05) is 13.1 Å². The maximum Gasteiger partial charge on any atom is 0.404 e. The second-order valence-corrected chi connectivity index (χ2v) is 2.83. The van der Waals surface area contributed by atoms with Crippen molar-refractivity contribution in [3.05, 3.63) is 0 Å². The Hall–Kier alpha value is -0.480. The van der Waals surface area contributed by atoms with Crippen molar-refractivity contribution >= 4 is 18.5 Å². The lowest BCUT2D eigenvalue weighted by Crippen LogP contribution is -2.43. The summed E-state index contributed by atoms with van der Waals surface area (Å²) in [6.07, 6.45) is 2.57. The monoisotopic (exact) mass is 194 g/mol. The summed E-state index contributed by atoms with van der Waals surface area (Å²) in [5, 5.41) is 13.9. The molecule has 1 amide bonds. The fourth-order valence-electron chi connectivity index (χ4n) is 1.31. The predicted octanol–water partition coefficient (Wildman–Crippen LogP) is 0.818. The molecule has 3 N–H and O–H groups in total. The van der Waals surface area contributed by atoms with Crippen molar-refractivity contribution in [3.63, 3.8) is 0 Å². The highest BCUT2D eigenvalue weighted by Gasteiger charge is 2.12. The summed E-state index contributed by atoms with van der Waals surface area (Å²) < 4.78 is 0. The van der Waals surface area contributed by atoms with Crippen molar-refractivity contribution in [2.24, 2.45) is 0 Å². The van der Waals surface area contributed by atoms with Crippen molar-refractivity contribution in [1.29, 1.82) is 0 Å². The molecule has 1 unspecified atom stereocenters. The van der Waals surface area contributed by atoms with Gasteiger partial charge in [0, 0.05) is 12.6 Å². The lowest BCUT2D eigenvalue weighted by molar-refractivity contribution is 0.192. The molecule has 1 aliphatic heterocycles. The molecule has 0 aliphatic carbocycles. The first-order valence-electron chi connectivity index (χ1n) is 3.99. The molecule has 4 nitrogen and oxygen atoms in total. The van der Waals surface area contributed by atoms with E-state index in [0.717, 1.165) is 13.0 Å². The molecule has 0 spiro atoms. The Balaban J connectivity index is 0.00000121. The van der Waals surface area contributed by atoms with Crippen LogP contribution < -0.4 is 10.6 Å². The Kier molecular flexibility index (Phi) is 5.84. The largest absolute Gasteiger partial charge is 0.465 e. The van der Waals surface area contributed by atoms with Crippen molar-refractivity contribution in [2.45, 2.75) is 25.3 Å². The van der Waals surface area contributed by atoms with Crippen LogP contribution in [0.1, 0.15) is 19.3 Å². The minimum absolute atomic E-state index is 0. The van der Waals surface area contributed by atoms with E-state index in [1.54, 1.807) is 0 Å². The standard InChI is InChI=1S/C7H14N2O2.ClH/c10-7(11)9-5-6-3-1-2-4-8-6;/h6,8-9H,1-5H2,(H,10,11);1H. The van der Waals surface area contributed by atoms with Gasteiger partial charge in [-0.1, -0.05) is 6.42 Å². The summed E-state index contributed by atoms with van der Waals surface area (Å²) >= 11 is 0. The molecule has 1 saturated heterocycles. The second-order valence-electron chi connectivity index (χ2n) is 2.83.